The molecule has 18 heavy (non-hydrogen) atoms. The molecule has 0 aliphatic carbocycles. The maximum atomic E-state index is 12.3. The molecular weight excluding hydrogens is 272 g/mol. The van der Waals surface area contributed by atoms with Crippen LogP contribution in [0.1, 0.15) is 5.56 Å². The molecule has 0 amide bonds. The van der Waals surface area contributed by atoms with Gasteiger partial charge in [0.2, 0.25) is 9.84 Å². The second-order valence-corrected chi connectivity index (χ2v) is 6.29. The van der Waals surface area contributed by atoms with E-state index in [-0.39, 0.29) is 20.6 Å². The van der Waals surface area contributed by atoms with E-state index in [2.05, 4.69) is 0 Å². The summed E-state index contributed by atoms with van der Waals surface area (Å²) in [5.41, 5.74) is 0.831. The third kappa shape index (κ3) is 2.35. The van der Waals surface area contributed by atoms with Crippen LogP contribution in [0.15, 0.2) is 52.3 Å². The summed E-state index contributed by atoms with van der Waals surface area (Å²) in [7, 11) is -3.75. The molecule has 2 aromatic rings. The number of hydrogen-bond acceptors (Lipinski definition) is 3. The van der Waals surface area contributed by atoms with Crippen molar-refractivity contribution in [2.75, 3.05) is 0 Å². The summed E-state index contributed by atoms with van der Waals surface area (Å²) in [5, 5.41) is 9.93. The third-order valence-electron chi connectivity index (χ3n) is 2.51. The molecule has 0 fully saturated rings. The van der Waals surface area contributed by atoms with E-state index >= 15 is 0 Å². The zero-order valence-corrected chi connectivity index (χ0v) is 11.2. The first-order valence-electron chi connectivity index (χ1n) is 5.21. The molecular formula is C13H11ClO3S. The Labute approximate surface area is 111 Å². The normalized spacial score (nSPS) is 11.4. The highest BCUT2D eigenvalue weighted by atomic mass is 35.5. The van der Waals surface area contributed by atoms with Crippen molar-refractivity contribution >= 4 is 21.4 Å². The molecule has 1 N–H and O–H groups in total. The van der Waals surface area contributed by atoms with Crippen molar-refractivity contribution in [2.24, 2.45) is 0 Å². The van der Waals surface area contributed by atoms with Crippen molar-refractivity contribution in [3.63, 3.8) is 0 Å². The fourth-order valence-electron chi connectivity index (χ4n) is 1.61. The molecule has 0 bridgehead atoms. The molecule has 0 saturated carbocycles. The number of aromatic hydroxyl groups is 1. The van der Waals surface area contributed by atoms with Gasteiger partial charge in [-0.15, -0.1) is 0 Å². The summed E-state index contributed by atoms with van der Waals surface area (Å²) >= 11 is 5.77. The van der Waals surface area contributed by atoms with Gasteiger partial charge >= 0.3 is 0 Å². The fourth-order valence-corrected chi connectivity index (χ4v) is 3.33. The van der Waals surface area contributed by atoms with E-state index in [0.717, 1.165) is 5.56 Å². The molecule has 0 atom stereocenters. The standard InChI is InChI=1S/C13H11ClO3S/c1-9-3-2-4-11(7-9)18(16,17)13-8-10(14)5-6-12(13)15/h2-8,15H,1H3. The Kier molecular flexibility index (Phi) is 3.32. The predicted octanol–water partition coefficient (Wildman–Crippen LogP) is 3.19. The molecule has 0 aromatic heterocycles. The van der Waals surface area contributed by atoms with Gasteiger partial charge in [-0.05, 0) is 42.8 Å². The molecule has 0 heterocycles. The van der Waals surface area contributed by atoms with Gasteiger partial charge in [-0.3, -0.25) is 0 Å². The summed E-state index contributed by atoms with van der Waals surface area (Å²) in [5.74, 6) is -0.305. The first-order chi connectivity index (χ1) is 8.41. The summed E-state index contributed by atoms with van der Waals surface area (Å²) in [6.45, 7) is 1.80. The molecule has 0 aliphatic heterocycles. The second kappa shape index (κ2) is 4.63. The van der Waals surface area contributed by atoms with Crippen LogP contribution in [0.25, 0.3) is 0 Å². The summed E-state index contributed by atoms with van der Waals surface area (Å²) in [4.78, 5) is -0.0410. The number of aryl methyl sites for hydroxylation is 1. The number of phenolic OH excluding ortho intramolecular Hbond substituents is 1. The van der Waals surface area contributed by atoms with Crippen LogP contribution in [0.2, 0.25) is 5.02 Å². The molecule has 0 saturated heterocycles. The second-order valence-electron chi connectivity index (χ2n) is 3.93. The molecule has 2 rings (SSSR count). The van der Waals surface area contributed by atoms with E-state index in [1.165, 1.54) is 24.3 Å². The van der Waals surface area contributed by atoms with Crippen LogP contribution >= 0.6 is 11.6 Å². The highest BCUT2D eigenvalue weighted by molar-refractivity contribution is 7.91. The summed E-state index contributed by atoms with van der Waals surface area (Å²) in [6.07, 6.45) is 0. The minimum absolute atomic E-state index is 0.139. The zero-order valence-electron chi connectivity index (χ0n) is 9.59. The van der Waals surface area contributed by atoms with Crippen LogP contribution < -0.4 is 0 Å². The van der Waals surface area contributed by atoms with Crippen LogP contribution in [0, 0.1) is 6.92 Å². The predicted molar refractivity (Wildman–Crippen MR) is 69.7 cm³/mol. The van der Waals surface area contributed by atoms with E-state index < -0.39 is 9.84 Å². The highest BCUT2D eigenvalue weighted by Crippen LogP contribution is 2.31. The van der Waals surface area contributed by atoms with Gasteiger partial charge in [-0.25, -0.2) is 8.42 Å². The molecule has 0 aliphatic rings. The lowest BCUT2D eigenvalue weighted by Gasteiger charge is -2.07. The molecule has 3 nitrogen and oxygen atoms in total. The molecule has 0 unspecified atom stereocenters. The van der Waals surface area contributed by atoms with Crippen LogP contribution in [0.4, 0.5) is 0 Å². The first-order valence-corrected chi connectivity index (χ1v) is 7.07. The van der Waals surface area contributed by atoms with Gasteiger partial charge < -0.3 is 5.11 Å². The van der Waals surface area contributed by atoms with E-state index in [4.69, 9.17) is 11.6 Å². The lowest BCUT2D eigenvalue weighted by Crippen LogP contribution is -2.02. The number of phenols is 1. The van der Waals surface area contributed by atoms with Crippen molar-refractivity contribution < 1.29 is 13.5 Å². The Hall–Kier alpha value is -1.52. The number of rotatable bonds is 2. The topological polar surface area (TPSA) is 54.4 Å². The van der Waals surface area contributed by atoms with E-state index in [1.54, 1.807) is 25.1 Å². The van der Waals surface area contributed by atoms with Crippen molar-refractivity contribution in [1.82, 2.24) is 0 Å². The Morgan fingerprint density at radius 3 is 2.50 bits per heavy atom. The van der Waals surface area contributed by atoms with Gasteiger partial charge in [0.25, 0.3) is 0 Å². The van der Waals surface area contributed by atoms with Gasteiger partial charge in [0.1, 0.15) is 10.6 Å². The average molecular weight is 283 g/mol. The minimum Gasteiger partial charge on any atom is -0.507 e. The summed E-state index contributed by atoms with van der Waals surface area (Å²) < 4.78 is 24.7. The van der Waals surface area contributed by atoms with Gasteiger partial charge in [0.05, 0.1) is 4.90 Å². The lowest BCUT2D eigenvalue weighted by molar-refractivity contribution is 0.459. The van der Waals surface area contributed by atoms with E-state index in [0.29, 0.717) is 0 Å². The third-order valence-corrected chi connectivity index (χ3v) is 4.53. The monoisotopic (exact) mass is 282 g/mol. The SMILES string of the molecule is Cc1cccc(S(=O)(=O)c2cc(Cl)ccc2O)c1. The molecule has 5 heteroatoms. The van der Waals surface area contributed by atoms with Crippen LogP contribution in [-0.4, -0.2) is 13.5 Å². The first kappa shape index (κ1) is 12.9. The van der Waals surface area contributed by atoms with Crippen molar-refractivity contribution in [1.29, 1.82) is 0 Å². The largest absolute Gasteiger partial charge is 0.507 e. The van der Waals surface area contributed by atoms with Gasteiger partial charge in [-0.1, -0.05) is 23.7 Å². The van der Waals surface area contributed by atoms with Crippen molar-refractivity contribution in [3.8, 4) is 5.75 Å². The Bertz CT molecular complexity index is 693. The van der Waals surface area contributed by atoms with E-state index in [1.807, 2.05) is 0 Å². The quantitative estimate of drug-likeness (QED) is 0.920. The maximum Gasteiger partial charge on any atom is 0.210 e. The summed E-state index contributed by atoms with van der Waals surface area (Å²) in [6, 6.07) is 10.4. The Balaban J connectivity index is 2.65. The van der Waals surface area contributed by atoms with Gasteiger partial charge in [0, 0.05) is 5.02 Å². The smallest absolute Gasteiger partial charge is 0.210 e. The minimum atomic E-state index is -3.75. The number of halogens is 1. The number of benzene rings is 2. The van der Waals surface area contributed by atoms with Crippen molar-refractivity contribution in [2.45, 2.75) is 16.7 Å². The molecule has 94 valence electrons. The lowest BCUT2D eigenvalue weighted by atomic mass is 10.2. The molecule has 0 spiro atoms. The molecule has 2 aromatic carbocycles. The Morgan fingerprint density at radius 2 is 1.83 bits per heavy atom. The van der Waals surface area contributed by atoms with Gasteiger partial charge in [-0.2, -0.15) is 0 Å². The van der Waals surface area contributed by atoms with Gasteiger partial charge in [0.15, 0.2) is 0 Å². The highest BCUT2D eigenvalue weighted by Gasteiger charge is 2.21. The number of hydrogen-bond donors (Lipinski definition) is 1. The van der Waals surface area contributed by atoms with E-state index in [9.17, 15) is 13.5 Å². The van der Waals surface area contributed by atoms with Crippen molar-refractivity contribution in [3.05, 3.63) is 53.1 Å². The molecule has 0 radical (unpaired) electrons. The average Bonchev–Trinajstić information content (AvgIpc) is 2.32. The van der Waals surface area contributed by atoms with Crippen LogP contribution in [-0.2, 0) is 9.84 Å². The fraction of sp³-hybridized carbons (Fsp3) is 0.0769. The Morgan fingerprint density at radius 1 is 1.11 bits per heavy atom. The number of sulfone groups is 1. The van der Waals surface area contributed by atoms with Crippen LogP contribution in [0.5, 0.6) is 5.75 Å². The van der Waals surface area contributed by atoms with Crippen LogP contribution in [0.3, 0.4) is 0 Å². The maximum absolute atomic E-state index is 12.3. The zero-order chi connectivity index (χ0) is 13.3.